The number of piperidine rings is 1. The fourth-order valence-electron chi connectivity index (χ4n) is 4.55. The molecule has 2 aromatic carbocycles. The number of nitrogens with zero attached hydrogens (tertiary/aromatic N) is 2. The van der Waals surface area contributed by atoms with Gasteiger partial charge in [-0.2, -0.15) is 0 Å². The van der Waals surface area contributed by atoms with Crippen molar-refractivity contribution in [2.75, 3.05) is 37.7 Å². The molecule has 7 heteroatoms. The molecule has 4 rings (SSSR count). The Morgan fingerprint density at radius 2 is 1.87 bits per heavy atom. The zero-order valence-electron chi connectivity index (χ0n) is 18.0. The van der Waals surface area contributed by atoms with Gasteiger partial charge >= 0.3 is 0 Å². The van der Waals surface area contributed by atoms with Crippen LogP contribution in [0, 0.1) is 5.82 Å². The van der Waals surface area contributed by atoms with Crippen LogP contribution in [0.5, 0.6) is 11.5 Å². The number of anilines is 1. The maximum atomic E-state index is 14.6. The molecular formula is C24H31ClFN3O2. The number of hydrogen-bond acceptors (Lipinski definition) is 5. The second-order valence-electron chi connectivity index (χ2n) is 8.39. The van der Waals surface area contributed by atoms with Crippen molar-refractivity contribution in [3.05, 3.63) is 52.8 Å². The van der Waals surface area contributed by atoms with E-state index in [-0.39, 0.29) is 5.82 Å². The van der Waals surface area contributed by atoms with E-state index in [9.17, 15) is 4.39 Å². The van der Waals surface area contributed by atoms with Crippen molar-refractivity contribution in [3.8, 4) is 11.5 Å². The highest BCUT2D eigenvalue weighted by Gasteiger charge is 2.28. The highest BCUT2D eigenvalue weighted by molar-refractivity contribution is 6.30. The fourth-order valence-corrected chi connectivity index (χ4v) is 4.75. The lowest BCUT2D eigenvalue weighted by Gasteiger charge is -2.42. The zero-order valence-corrected chi connectivity index (χ0v) is 18.8. The highest BCUT2D eigenvalue weighted by Crippen LogP contribution is 2.36. The molecule has 0 aliphatic carbocycles. The van der Waals surface area contributed by atoms with Crippen LogP contribution in [0.15, 0.2) is 36.4 Å². The van der Waals surface area contributed by atoms with Gasteiger partial charge in [0.25, 0.3) is 0 Å². The molecular weight excluding hydrogens is 417 g/mol. The van der Waals surface area contributed by atoms with E-state index in [1.54, 1.807) is 12.1 Å². The fraction of sp³-hybridized carbons (Fsp3) is 0.500. The summed E-state index contributed by atoms with van der Waals surface area (Å²) in [4.78, 5) is 4.79. The average Bonchev–Trinajstić information content (AvgIpc) is 2.79. The Morgan fingerprint density at radius 3 is 2.61 bits per heavy atom. The number of fused-ring (bicyclic) bond motifs is 1. The smallest absolute Gasteiger partial charge is 0.163 e. The summed E-state index contributed by atoms with van der Waals surface area (Å²) in [6.07, 6.45) is 3.02. The first-order valence-corrected chi connectivity index (χ1v) is 11.5. The lowest BCUT2D eigenvalue weighted by Crippen LogP contribution is -2.47. The molecule has 0 amide bonds. The van der Waals surface area contributed by atoms with Gasteiger partial charge in [0.05, 0.1) is 0 Å². The minimum absolute atomic E-state index is 0.235. The first-order chi connectivity index (χ1) is 15.0. The minimum Gasteiger partial charge on any atom is -0.486 e. The van der Waals surface area contributed by atoms with Gasteiger partial charge in [-0.1, -0.05) is 11.6 Å². The third kappa shape index (κ3) is 5.25. The Labute approximate surface area is 188 Å². The lowest BCUT2D eigenvalue weighted by molar-refractivity contribution is 0.154. The molecule has 168 valence electrons. The van der Waals surface area contributed by atoms with Crippen molar-refractivity contribution in [2.24, 2.45) is 5.73 Å². The van der Waals surface area contributed by atoms with E-state index in [0.29, 0.717) is 49.0 Å². The quantitative estimate of drug-likeness (QED) is 0.679. The van der Waals surface area contributed by atoms with E-state index in [1.165, 1.54) is 6.07 Å². The maximum Gasteiger partial charge on any atom is 0.163 e. The third-order valence-corrected chi connectivity index (χ3v) is 6.59. The van der Waals surface area contributed by atoms with Crippen molar-refractivity contribution in [1.82, 2.24) is 4.90 Å². The topological polar surface area (TPSA) is 51.0 Å². The van der Waals surface area contributed by atoms with Crippen molar-refractivity contribution in [3.63, 3.8) is 0 Å². The first-order valence-electron chi connectivity index (χ1n) is 11.1. The van der Waals surface area contributed by atoms with Crippen LogP contribution in [0.4, 0.5) is 10.1 Å². The van der Waals surface area contributed by atoms with Gasteiger partial charge in [0.15, 0.2) is 11.5 Å². The van der Waals surface area contributed by atoms with Crippen molar-refractivity contribution < 1.29 is 13.9 Å². The predicted molar refractivity (Wildman–Crippen MR) is 123 cm³/mol. The van der Waals surface area contributed by atoms with E-state index < -0.39 is 0 Å². The molecule has 1 saturated heterocycles. The molecule has 1 atom stereocenters. The lowest BCUT2D eigenvalue weighted by atomic mass is 9.99. The van der Waals surface area contributed by atoms with Crippen LogP contribution in [0.1, 0.15) is 31.7 Å². The number of likely N-dealkylation sites (tertiary alicyclic amines) is 1. The zero-order chi connectivity index (χ0) is 21.8. The molecule has 1 unspecified atom stereocenters. The molecule has 2 aliphatic rings. The summed E-state index contributed by atoms with van der Waals surface area (Å²) in [5.41, 5.74) is 7.36. The standard InChI is InChI=1S/C24H31ClFN3O2/c1-17(6-9-27)28-10-7-20(8-11-28)29(16-18-14-19(25)2-4-22(18)26)21-3-5-23-24(15-21)31-13-12-30-23/h2-5,14-15,17,20H,6-13,16,27H2,1H3. The van der Waals surface area contributed by atoms with Gasteiger partial charge in [0.1, 0.15) is 19.0 Å². The Kier molecular flexibility index (Phi) is 7.20. The number of nitrogens with two attached hydrogens (primary N) is 1. The van der Waals surface area contributed by atoms with E-state index in [2.05, 4.69) is 16.7 Å². The molecule has 0 saturated carbocycles. The summed E-state index contributed by atoms with van der Waals surface area (Å²) in [5.74, 6) is 1.27. The van der Waals surface area contributed by atoms with Crippen LogP contribution < -0.4 is 20.1 Å². The number of hydrogen-bond donors (Lipinski definition) is 1. The van der Waals surface area contributed by atoms with Crippen LogP contribution in [-0.2, 0) is 6.54 Å². The van der Waals surface area contributed by atoms with Crippen LogP contribution in [0.3, 0.4) is 0 Å². The van der Waals surface area contributed by atoms with E-state index >= 15 is 0 Å². The molecule has 0 spiro atoms. The first kappa shape index (κ1) is 22.2. The molecule has 0 aromatic heterocycles. The largest absolute Gasteiger partial charge is 0.486 e. The van der Waals surface area contributed by atoms with Gasteiger partial charge in [-0.15, -0.1) is 0 Å². The van der Waals surface area contributed by atoms with Gasteiger partial charge in [0.2, 0.25) is 0 Å². The van der Waals surface area contributed by atoms with Crippen molar-refractivity contribution >= 4 is 17.3 Å². The Bertz CT molecular complexity index is 889. The van der Waals surface area contributed by atoms with Gasteiger partial charge in [-0.3, -0.25) is 0 Å². The Balaban J connectivity index is 1.58. The summed E-state index contributed by atoms with van der Waals surface area (Å²) in [6, 6.07) is 11.5. The molecule has 0 radical (unpaired) electrons. The Hall–Kier alpha value is -2.02. The van der Waals surface area contributed by atoms with Crippen LogP contribution in [0.25, 0.3) is 0 Å². The summed E-state index contributed by atoms with van der Waals surface area (Å²) < 4.78 is 26.1. The van der Waals surface area contributed by atoms with E-state index in [4.69, 9.17) is 26.8 Å². The highest BCUT2D eigenvalue weighted by atomic mass is 35.5. The molecule has 5 nitrogen and oxygen atoms in total. The normalized spacial score (nSPS) is 18.1. The van der Waals surface area contributed by atoms with Gasteiger partial charge in [0, 0.05) is 54.1 Å². The van der Waals surface area contributed by atoms with Crippen LogP contribution in [-0.4, -0.2) is 49.8 Å². The molecule has 31 heavy (non-hydrogen) atoms. The average molecular weight is 448 g/mol. The SMILES string of the molecule is CC(CCN)N1CCC(N(Cc2cc(Cl)ccc2F)c2ccc3c(c2)OCCO3)CC1. The summed E-state index contributed by atoms with van der Waals surface area (Å²) in [7, 11) is 0. The number of benzene rings is 2. The van der Waals surface area contributed by atoms with Gasteiger partial charge < -0.3 is 25.0 Å². The minimum atomic E-state index is -0.235. The van der Waals surface area contributed by atoms with Crippen LogP contribution >= 0.6 is 11.6 Å². The summed E-state index contributed by atoms with van der Waals surface area (Å²) in [6.45, 7) is 6.51. The maximum absolute atomic E-state index is 14.6. The second kappa shape index (κ2) is 10.1. The van der Waals surface area contributed by atoms with E-state index in [0.717, 1.165) is 49.5 Å². The number of ether oxygens (including phenoxy) is 2. The predicted octanol–water partition coefficient (Wildman–Crippen LogP) is 4.46. The number of rotatable bonds is 7. The summed E-state index contributed by atoms with van der Waals surface area (Å²) in [5, 5.41) is 0.545. The number of halogens is 2. The molecule has 2 heterocycles. The molecule has 2 aromatic rings. The molecule has 2 N–H and O–H groups in total. The molecule has 0 bridgehead atoms. The molecule has 2 aliphatic heterocycles. The molecule has 1 fully saturated rings. The van der Waals surface area contributed by atoms with Crippen molar-refractivity contribution in [1.29, 1.82) is 0 Å². The van der Waals surface area contributed by atoms with E-state index in [1.807, 2.05) is 18.2 Å². The van der Waals surface area contributed by atoms with Crippen molar-refractivity contribution in [2.45, 2.75) is 44.8 Å². The van der Waals surface area contributed by atoms with Gasteiger partial charge in [-0.25, -0.2) is 4.39 Å². The third-order valence-electron chi connectivity index (χ3n) is 6.35. The second-order valence-corrected chi connectivity index (χ2v) is 8.82. The monoisotopic (exact) mass is 447 g/mol. The summed E-state index contributed by atoms with van der Waals surface area (Å²) >= 11 is 6.17. The Morgan fingerprint density at radius 1 is 1.13 bits per heavy atom. The van der Waals surface area contributed by atoms with Gasteiger partial charge in [-0.05, 0) is 63.1 Å². The van der Waals surface area contributed by atoms with Crippen LogP contribution in [0.2, 0.25) is 5.02 Å².